The van der Waals surface area contributed by atoms with Crippen LogP contribution in [0.5, 0.6) is 0 Å². The highest BCUT2D eigenvalue weighted by Gasteiger charge is 2.32. The molecule has 1 aromatic carbocycles. The van der Waals surface area contributed by atoms with E-state index in [1.165, 1.54) is 25.7 Å². The molecule has 0 aliphatic carbocycles. The molecule has 0 bridgehead atoms. The average molecular weight is 278 g/mol. The Hall–Kier alpha value is -1.09. The van der Waals surface area contributed by atoms with E-state index in [0.29, 0.717) is 5.41 Å². The molecule has 0 atom stereocenters. The third-order valence-electron chi connectivity index (χ3n) is 5.08. The van der Waals surface area contributed by atoms with Crippen LogP contribution >= 0.6 is 0 Å². The van der Waals surface area contributed by atoms with Gasteiger partial charge in [0.2, 0.25) is 0 Å². The molecule has 0 saturated carbocycles. The van der Waals surface area contributed by atoms with Crippen LogP contribution in [-0.2, 0) is 6.54 Å². The van der Waals surface area contributed by atoms with Crippen LogP contribution in [0.3, 0.4) is 0 Å². The maximum absolute atomic E-state index is 14.2. The number of nitrogens with zero attached hydrogens (tertiary/aromatic N) is 1. The molecule has 1 saturated heterocycles. The van der Waals surface area contributed by atoms with Crippen LogP contribution in [0, 0.1) is 11.2 Å². The molecular weight excluding hydrogens is 251 g/mol. The molecule has 0 radical (unpaired) electrons. The smallest absolute Gasteiger partial charge is 0.146 e. The Balaban J connectivity index is 2.18. The van der Waals surface area contributed by atoms with E-state index in [1.807, 2.05) is 13.1 Å². The molecule has 0 spiro atoms. The van der Waals surface area contributed by atoms with Crippen molar-refractivity contribution in [1.29, 1.82) is 0 Å². The van der Waals surface area contributed by atoms with E-state index >= 15 is 0 Å². The van der Waals surface area contributed by atoms with Crippen LogP contribution in [0.2, 0.25) is 0 Å². The Kier molecular flexibility index (Phi) is 5.03. The first kappa shape index (κ1) is 15.3. The van der Waals surface area contributed by atoms with Gasteiger partial charge in [0.05, 0.1) is 5.69 Å². The Morgan fingerprint density at radius 3 is 2.40 bits per heavy atom. The molecule has 1 heterocycles. The highest BCUT2D eigenvalue weighted by Crippen LogP contribution is 2.40. The molecule has 1 aromatic rings. The summed E-state index contributed by atoms with van der Waals surface area (Å²) in [5, 5.41) is 3.14. The summed E-state index contributed by atoms with van der Waals surface area (Å²) in [6, 6.07) is 5.41. The fourth-order valence-electron chi connectivity index (χ4n) is 3.41. The summed E-state index contributed by atoms with van der Waals surface area (Å²) in [6.45, 7) is 7.23. The number of anilines is 1. The molecule has 0 amide bonds. The number of benzene rings is 1. The summed E-state index contributed by atoms with van der Waals surface area (Å²) in [6.07, 6.45) is 4.82. The van der Waals surface area contributed by atoms with Crippen molar-refractivity contribution in [2.24, 2.45) is 5.41 Å². The number of nitrogens with one attached hydrogen (secondary N) is 1. The molecule has 3 heteroatoms. The van der Waals surface area contributed by atoms with Crippen molar-refractivity contribution < 1.29 is 4.39 Å². The van der Waals surface area contributed by atoms with Crippen molar-refractivity contribution in [3.8, 4) is 0 Å². The van der Waals surface area contributed by atoms with Gasteiger partial charge in [0.15, 0.2) is 0 Å². The summed E-state index contributed by atoms with van der Waals surface area (Å²) in [4.78, 5) is 2.24. The Bertz CT molecular complexity index is 431. The first-order valence-electron chi connectivity index (χ1n) is 7.82. The van der Waals surface area contributed by atoms with E-state index in [-0.39, 0.29) is 5.82 Å². The maximum atomic E-state index is 14.2. The zero-order valence-electron chi connectivity index (χ0n) is 13.0. The van der Waals surface area contributed by atoms with Gasteiger partial charge in [0.25, 0.3) is 0 Å². The average Bonchev–Trinajstić information content (AvgIpc) is 2.48. The van der Waals surface area contributed by atoms with E-state index in [1.54, 1.807) is 12.1 Å². The van der Waals surface area contributed by atoms with Crippen molar-refractivity contribution >= 4 is 5.69 Å². The summed E-state index contributed by atoms with van der Waals surface area (Å²) in [5.41, 5.74) is 2.35. The fourth-order valence-corrected chi connectivity index (χ4v) is 3.41. The zero-order chi connectivity index (χ0) is 14.6. The molecular formula is C17H27FN2. The normalized spacial score (nSPS) is 18.3. The minimum atomic E-state index is -0.0850. The highest BCUT2D eigenvalue weighted by molar-refractivity contribution is 5.55. The van der Waals surface area contributed by atoms with Gasteiger partial charge < -0.3 is 10.2 Å². The summed E-state index contributed by atoms with van der Waals surface area (Å²) < 4.78 is 14.2. The van der Waals surface area contributed by atoms with Gasteiger partial charge in [-0.2, -0.15) is 0 Å². The quantitative estimate of drug-likeness (QED) is 0.877. The second-order valence-electron chi connectivity index (χ2n) is 5.97. The van der Waals surface area contributed by atoms with Gasteiger partial charge in [0, 0.05) is 19.6 Å². The molecule has 1 aliphatic heterocycles. The number of para-hydroxylation sites is 1. The minimum Gasteiger partial charge on any atom is -0.369 e. The van der Waals surface area contributed by atoms with Gasteiger partial charge >= 0.3 is 0 Å². The van der Waals surface area contributed by atoms with Crippen LogP contribution < -0.4 is 10.2 Å². The van der Waals surface area contributed by atoms with Gasteiger partial charge in [-0.15, -0.1) is 0 Å². The van der Waals surface area contributed by atoms with Gasteiger partial charge in [-0.1, -0.05) is 38.8 Å². The summed E-state index contributed by atoms with van der Waals surface area (Å²) in [5.74, 6) is -0.0850. The van der Waals surface area contributed by atoms with E-state index in [2.05, 4.69) is 24.1 Å². The highest BCUT2D eigenvalue weighted by atomic mass is 19.1. The molecule has 2 nitrogen and oxygen atoms in total. The van der Waals surface area contributed by atoms with E-state index in [0.717, 1.165) is 30.9 Å². The summed E-state index contributed by atoms with van der Waals surface area (Å²) in [7, 11) is 1.91. The Morgan fingerprint density at radius 2 is 1.85 bits per heavy atom. The fraction of sp³-hybridized carbons (Fsp3) is 0.647. The second-order valence-corrected chi connectivity index (χ2v) is 5.97. The zero-order valence-corrected chi connectivity index (χ0v) is 13.0. The third-order valence-corrected chi connectivity index (χ3v) is 5.08. The Labute approximate surface area is 122 Å². The number of hydrogen-bond donors (Lipinski definition) is 1. The molecule has 2 rings (SSSR count). The van der Waals surface area contributed by atoms with Crippen molar-refractivity contribution in [1.82, 2.24) is 5.32 Å². The van der Waals surface area contributed by atoms with Crippen LogP contribution in [0.4, 0.5) is 10.1 Å². The van der Waals surface area contributed by atoms with Crippen molar-refractivity contribution in [2.75, 3.05) is 25.0 Å². The number of piperidine rings is 1. The number of halogens is 1. The van der Waals surface area contributed by atoms with Gasteiger partial charge in [-0.05, 0) is 36.9 Å². The van der Waals surface area contributed by atoms with Gasteiger partial charge in [-0.25, -0.2) is 4.39 Å². The first-order valence-corrected chi connectivity index (χ1v) is 7.82. The van der Waals surface area contributed by atoms with Gasteiger partial charge in [0.1, 0.15) is 5.82 Å². The number of rotatable bonds is 5. The lowest BCUT2D eigenvalue weighted by Gasteiger charge is -2.42. The van der Waals surface area contributed by atoms with Crippen molar-refractivity contribution in [3.63, 3.8) is 0 Å². The lowest BCUT2D eigenvalue weighted by molar-refractivity contribution is 0.199. The summed E-state index contributed by atoms with van der Waals surface area (Å²) >= 11 is 0. The van der Waals surface area contributed by atoms with Gasteiger partial charge in [-0.3, -0.25) is 0 Å². The molecule has 1 fully saturated rings. The predicted molar refractivity (Wildman–Crippen MR) is 83.6 cm³/mol. The Morgan fingerprint density at radius 1 is 1.20 bits per heavy atom. The molecule has 112 valence electrons. The lowest BCUT2D eigenvalue weighted by Crippen LogP contribution is -2.40. The molecule has 20 heavy (non-hydrogen) atoms. The first-order chi connectivity index (χ1) is 9.65. The molecule has 0 unspecified atom stereocenters. The van der Waals surface area contributed by atoms with Crippen molar-refractivity contribution in [3.05, 3.63) is 29.6 Å². The van der Waals surface area contributed by atoms with E-state index in [4.69, 9.17) is 0 Å². The molecule has 1 N–H and O–H groups in total. The largest absolute Gasteiger partial charge is 0.369 e. The minimum absolute atomic E-state index is 0.0850. The van der Waals surface area contributed by atoms with Crippen molar-refractivity contribution in [2.45, 2.75) is 46.1 Å². The van der Waals surface area contributed by atoms with Crippen LogP contribution in [-0.4, -0.2) is 20.1 Å². The predicted octanol–water partition coefficient (Wildman–Crippen LogP) is 3.95. The van der Waals surface area contributed by atoms with Crippen LogP contribution in [0.1, 0.15) is 45.1 Å². The monoisotopic (exact) mass is 278 g/mol. The molecule has 1 aliphatic rings. The third kappa shape index (κ3) is 2.98. The van der Waals surface area contributed by atoms with Crippen LogP contribution in [0.25, 0.3) is 0 Å². The second kappa shape index (κ2) is 6.57. The maximum Gasteiger partial charge on any atom is 0.146 e. The molecule has 0 aromatic heterocycles. The topological polar surface area (TPSA) is 15.3 Å². The number of hydrogen-bond acceptors (Lipinski definition) is 2. The van der Waals surface area contributed by atoms with Crippen LogP contribution in [0.15, 0.2) is 18.2 Å². The van der Waals surface area contributed by atoms with E-state index < -0.39 is 0 Å². The lowest BCUT2D eigenvalue weighted by atomic mass is 9.74. The standard InChI is InChI=1S/C17H27FN2/c1-4-17(5-2)9-11-20(12-10-17)16-14(13-19-3)7-6-8-15(16)18/h6-8,19H,4-5,9-13H2,1-3H3. The van der Waals surface area contributed by atoms with E-state index in [9.17, 15) is 4.39 Å². The SMILES string of the molecule is CCC1(CC)CCN(c2c(F)cccc2CNC)CC1.